The van der Waals surface area contributed by atoms with Gasteiger partial charge in [-0.25, -0.2) is 0 Å². The van der Waals surface area contributed by atoms with Gasteiger partial charge in [0.05, 0.1) is 6.54 Å². The fourth-order valence-corrected chi connectivity index (χ4v) is 2.53. The highest BCUT2D eigenvalue weighted by molar-refractivity contribution is 7.10. The highest BCUT2D eigenvalue weighted by atomic mass is 32.1. The third-order valence-electron chi connectivity index (χ3n) is 2.59. The van der Waals surface area contributed by atoms with Crippen LogP contribution in [0.2, 0.25) is 0 Å². The summed E-state index contributed by atoms with van der Waals surface area (Å²) in [6.45, 7) is 9.33. The van der Waals surface area contributed by atoms with E-state index in [0.29, 0.717) is 12.6 Å². The molecule has 0 atom stereocenters. The second-order valence-electron chi connectivity index (χ2n) is 4.37. The summed E-state index contributed by atoms with van der Waals surface area (Å²) in [4.78, 5) is 3.87. The van der Waals surface area contributed by atoms with Crippen molar-refractivity contribution in [3.05, 3.63) is 21.9 Å². The first-order valence-electron chi connectivity index (χ1n) is 6.17. The van der Waals surface area contributed by atoms with Crippen molar-refractivity contribution >= 4 is 11.3 Å². The van der Waals surface area contributed by atoms with E-state index >= 15 is 0 Å². The van der Waals surface area contributed by atoms with Crippen molar-refractivity contribution in [2.75, 3.05) is 13.1 Å². The van der Waals surface area contributed by atoms with Crippen molar-refractivity contribution < 1.29 is 0 Å². The summed E-state index contributed by atoms with van der Waals surface area (Å²) in [5, 5.41) is 2.11. The molecule has 1 aromatic heterocycles. The Balaban J connectivity index is 2.63. The lowest BCUT2D eigenvalue weighted by molar-refractivity contribution is 0.215. The van der Waals surface area contributed by atoms with E-state index in [2.05, 4.69) is 49.0 Å². The van der Waals surface area contributed by atoms with E-state index in [0.717, 1.165) is 18.7 Å². The van der Waals surface area contributed by atoms with Gasteiger partial charge in [-0.05, 0) is 32.9 Å². The fraction of sp³-hybridized carbons (Fsp3) is 0.571. The van der Waals surface area contributed by atoms with E-state index in [1.54, 1.807) is 11.3 Å². The molecule has 0 aliphatic rings. The fourth-order valence-electron chi connectivity index (χ4n) is 1.69. The zero-order valence-corrected chi connectivity index (χ0v) is 11.8. The number of rotatable bonds is 5. The molecule has 0 fully saturated rings. The first-order valence-corrected chi connectivity index (χ1v) is 7.05. The summed E-state index contributed by atoms with van der Waals surface area (Å²) in [5.41, 5.74) is 6.46. The maximum Gasteiger partial charge on any atom is 0.0555 e. The highest BCUT2D eigenvalue weighted by Crippen LogP contribution is 2.17. The van der Waals surface area contributed by atoms with Gasteiger partial charge in [0, 0.05) is 28.4 Å². The molecule has 0 bridgehead atoms. The molecular weight excluding hydrogens is 228 g/mol. The summed E-state index contributed by atoms with van der Waals surface area (Å²) in [6.07, 6.45) is 1.20. The van der Waals surface area contributed by atoms with Crippen molar-refractivity contribution in [1.82, 2.24) is 4.90 Å². The molecule has 2 N–H and O–H groups in total. The van der Waals surface area contributed by atoms with Gasteiger partial charge in [0.15, 0.2) is 0 Å². The molecule has 2 nitrogen and oxygen atoms in total. The van der Waals surface area contributed by atoms with Gasteiger partial charge in [-0.3, -0.25) is 4.90 Å². The molecule has 0 radical (unpaired) electrons. The lowest BCUT2D eigenvalue weighted by Gasteiger charge is -2.25. The third-order valence-corrected chi connectivity index (χ3v) is 3.51. The van der Waals surface area contributed by atoms with Crippen LogP contribution in [0.15, 0.2) is 11.4 Å². The van der Waals surface area contributed by atoms with Gasteiger partial charge in [0.1, 0.15) is 0 Å². The van der Waals surface area contributed by atoms with Crippen molar-refractivity contribution in [2.24, 2.45) is 5.73 Å². The molecule has 0 saturated heterocycles. The zero-order chi connectivity index (χ0) is 12.7. The van der Waals surface area contributed by atoms with E-state index in [4.69, 9.17) is 5.73 Å². The van der Waals surface area contributed by atoms with E-state index < -0.39 is 0 Å². The summed E-state index contributed by atoms with van der Waals surface area (Å²) >= 11 is 1.79. The van der Waals surface area contributed by atoms with Gasteiger partial charge in [-0.15, -0.1) is 11.3 Å². The van der Waals surface area contributed by atoms with Gasteiger partial charge in [-0.2, -0.15) is 0 Å². The van der Waals surface area contributed by atoms with Crippen LogP contribution in [-0.2, 0) is 6.54 Å². The Hall–Kier alpha value is -0.820. The molecule has 1 rings (SSSR count). The Morgan fingerprint density at radius 2 is 2.24 bits per heavy atom. The number of nitrogens with two attached hydrogens (primary N) is 1. The van der Waals surface area contributed by atoms with Crippen LogP contribution in [-0.4, -0.2) is 24.0 Å². The molecule has 0 aliphatic heterocycles. The average Bonchev–Trinajstić information content (AvgIpc) is 2.73. The second-order valence-corrected chi connectivity index (χ2v) is 5.37. The van der Waals surface area contributed by atoms with Crippen LogP contribution in [0.1, 0.15) is 37.6 Å². The lowest BCUT2D eigenvalue weighted by atomic mass is 10.2. The lowest BCUT2D eigenvalue weighted by Crippen LogP contribution is -2.30. The molecule has 0 spiro atoms. The maximum atomic E-state index is 5.36. The van der Waals surface area contributed by atoms with E-state index in [1.165, 1.54) is 11.3 Å². The van der Waals surface area contributed by atoms with Crippen molar-refractivity contribution in [3.63, 3.8) is 0 Å². The van der Waals surface area contributed by atoms with Crippen LogP contribution in [0.3, 0.4) is 0 Å². The highest BCUT2D eigenvalue weighted by Gasteiger charge is 2.10. The van der Waals surface area contributed by atoms with Gasteiger partial charge in [-0.1, -0.05) is 18.8 Å². The van der Waals surface area contributed by atoms with Crippen molar-refractivity contribution in [2.45, 2.75) is 39.8 Å². The SMILES string of the molecule is CCCN(Cc1cc(C#CCN)cs1)C(C)C. The van der Waals surface area contributed by atoms with Crippen LogP contribution >= 0.6 is 11.3 Å². The maximum absolute atomic E-state index is 5.36. The van der Waals surface area contributed by atoms with Crippen LogP contribution in [0.4, 0.5) is 0 Å². The van der Waals surface area contributed by atoms with Crippen LogP contribution in [0.25, 0.3) is 0 Å². The molecule has 0 aliphatic carbocycles. The van der Waals surface area contributed by atoms with E-state index in [-0.39, 0.29) is 0 Å². The first-order chi connectivity index (χ1) is 8.17. The van der Waals surface area contributed by atoms with Crippen LogP contribution in [0.5, 0.6) is 0 Å². The average molecular weight is 250 g/mol. The molecule has 1 aromatic rings. The van der Waals surface area contributed by atoms with Crippen LogP contribution in [0, 0.1) is 11.8 Å². The normalized spacial score (nSPS) is 10.7. The van der Waals surface area contributed by atoms with Crippen molar-refractivity contribution in [1.29, 1.82) is 0 Å². The zero-order valence-electron chi connectivity index (χ0n) is 11.0. The summed E-state index contributed by atoms with van der Waals surface area (Å²) in [7, 11) is 0. The molecule has 0 unspecified atom stereocenters. The minimum Gasteiger partial charge on any atom is -0.320 e. The topological polar surface area (TPSA) is 29.3 Å². The number of hydrogen-bond acceptors (Lipinski definition) is 3. The largest absolute Gasteiger partial charge is 0.320 e. The van der Waals surface area contributed by atoms with E-state index in [9.17, 15) is 0 Å². The summed E-state index contributed by atoms with van der Waals surface area (Å²) < 4.78 is 0. The Labute approximate surface area is 109 Å². The number of nitrogens with zero attached hydrogens (tertiary/aromatic N) is 1. The second kappa shape index (κ2) is 7.50. The number of hydrogen-bond donors (Lipinski definition) is 1. The van der Waals surface area contributed by atoms with Crippen molar-refractivity contribution in [3.8, 4) is 11.8 Å². The molecular formula is C14H22N2S. The van der Waals surface area contributed by atoms with Gasteiger partial charge in [0.25, 0.3) is 0 Å². The quantitative estimate of drug-likeness (QED) is 0.814. The molecule has 17 heavy (non-hydrogen) atoms. The Bertz CT molecular complexity index is 384. The third kappa shape index (κ3) is 4.91. The molecule has 3 heteroatoms. The summed E-state index contributed by atoms with van der Waals surface area (Å²) in [6, 6.07) is 2.77. The summed E-state index contributed by atoms with van der Waals surface area (Å²) in [5.74, 6) is 5.97. The van der Waals surface area contributed by atoms with Gasteiger partial charge in [0.2, 0.25) is 0 Å². The molecule has 94 valence electrons. The predicted molar refractivity (Wildman–Crippen MR) is 76.1 cm³/mol. The smallest absolute Gasteiger partial charge is 0.0555 e. The molecule has 1 heterocycles. The Morgan fingerprint density at radius 1 is 1.47 bits per heavy atom. The molecule has 0 aromatic carbocycles. The predicted octanol–water partition coefficient (Wildman–Crippen LogP) is 2.68. The number of thiophene rings is 1. The van der Waals surface area contributed by atoms with E-state index in [1.807, 2.05) is 0 Å². The Morgan fingerprint density at radius 3 is 2.82 bits per heavy atom. The Kier molecular flexibility index (Phi) is 6.28. The van der Waals surface area contributed by atoms with Gasteiger partial charge < -0.3 is 5.73 Å². The minimum absolute atomic E-state index is 0.430. The van der Waals surface area contributed by atoms with Gasteiger partial charge >= 0.3 is 0 Å². The first kappa shape index (κ1) is 14.2. The molecule has 0 amide bonds. The minimum atomic E-state index is 0.430. The monoisotopic (exact) mass is 250 g/mol. The standard InChI is InChI=1S/C14H22N2S/c1-4-8-16(12(2)3)10-14-9-13(11-17-14)6-5-7-15/h9,11-12H,4,7-8,10,15H2,1-3H3. The van der Waals surface area contributed by atoms with Crippen LogP contribution < -0.4 is 5.73 Å². The molecule has 0 saturated carbocycles.